The minimum atomic E-state index is -0.107. The molecular weight excluding hydrogens is 228 g/mol. The van der Waals surface area contributed by atoms with Crippen LogP contribution in [0.25, 0.3) is 0 Å². The van der Waals surface area contributed by atoms with Crippen LogP contribution in [0, 0.1) is 17.3 Å². The van der Waals surface area contributed by atoms with E-state index in [9.17, 15) is 9.59 Å². The molecule has 4 heteroatoms. The van der Waals surface area contributed by atoms with Gasteiger partial charge in [0, 0.05) is 19.1 Å². The minimum absolute atomic E-state index is 0.0303. The maximum Gasteiger partial charge on any atom is 0.234 e. The summed E-state index contributed by atoms with van der Waals surface area (Å²) in [7, 11) is 1.63. The lowest BCUT2D eigenvalue weighted by Crippen LogP contribution is -2.52. The molecule has 100 valence electrons. The molecule has 3 aliphatic heterocycles. The highest BCUT2D eigenvalue weighted by Gasteiger charge is 2.63. The topological polar surface area (TPSA) is 40.6 Å². The van der Waals surface area contributed by atoms with E-state index in [4.69, 9.17) is 0 Å². The number of carbonyl (C=O) groups is 2. The van der Waals surface area contributed by atoms with Gasteiger partial charge in [0.1, 0.15) is 0 Å². The molecule has 3 fully saturated rings. The van der Waals surface area contributed by atoms with Crippen molar-refractivity contribution >= 4 is 11.8 Å². The fraction of sp³-hybridized carbons (Fsp3) is 0.857. The predicted octanol–water partition coefficient (Wildman–Crippen LogP) is 1.11. The molecule has 0 N–H and O–H groups in total. The highest BCUT2D eigenvalue weighted by atomic mass is 16.2. The molecule has 0 bridgehead atoms. The highest BCUT2D eigenvalue weighted by Crippen LogP contribution is 2.51. The molecule has 2 amide bonds. The first kappa shape index (κ1) is 12.2. The van der Waals surface area contributed by atoms with Crippen LogP contribution in [0.15, 0.2) is 0 Å². The zero-order valence-electron chi connectivity index (χ0n) is 11.6. The van der Waals surface area contributed by atoms with Crippen LogP contribution in [0.5, 0.6) is 0 Å². The van der Waals surface area contributed by atoms with Crippen molar-refractivity contribution in [2.24, 2.45) is 17.3 Å². The normalized spacial score (nSPS) is 43.2. The Bertz CT molecular complexity index is 418. The van der Waals surface area contributed by atoms with E-state index in [1.807, 2.05) is 0 Å². The van der Waals surface area contributed by atoms with E-state index in [0.29, 0.717) is 0 Å². The van der Waals surface area contributed by atoms with Crippen molar-refractivity contribution in [1.82, 2.24) is 9.80 Å². The maximum atomic E-state index is 12.4. The predicted molar refractivity (Wildman–Crippen MR) is 67.7 cm³/mol. The molecule has 3 heterocycles. The lowest BCUT2D eigenvalue weighted by Gasteiger charge is -2.46. The van der Waals surface area contributed by atoms with Gasteiger partial charge in [-0.3, -0.25) is 19.4 Å². The lowest BCUT2D eigenvalue weighted by atomic mass is 9.71. The summed E-state index contributed by atoms with van der Waals surface area (Å²) in [5.74, 6) is -0.139. The number of carbonyl (C=O) groups excluding carboxylic acids is 2. The van der Waals surface area contributed by atoms with Crippen molar-refractivity contribution in [3.05, 3.63) is 0 Å². The molecule has 18 heavy (non-hydrogen) atoms. The molecule has 3 rings (SSSR count). The second-order valence-electron chi connectivity index (χ2n) is 6.80. The smallest absolute Gasteiger partial charge is 0.234 e. The van der Waals surface area contributed by atoms with Crippen molar-refractivity contribution < 1.29 is 9.59 Å². The summed E-state index contributed by atoms with van der Waals surface area (Å²) in [5, 5.41) is 0. The Morgan fingerprint density at radius 1 is 1.17 bits per heavy atom. The monoisotopic (exact) mass is 250 g/mol. The van der Waals surface area contributed by atoms with Gasteiger partial charge in [-0.15, -0.1) is 0 Å². The van der Waals surface area contributed by atoms with E-state index >= 15 is 0 Å². The Hall–Kier alpha value is -0.900. The summed E-state index contributed by atoms with van der Waals surface area (Å²) in [6.45, 7) is 7.64. The van der Waals surface area contributed by atoms with E-state index < -0.39 is 0 Å². The van der Waals surface area contributed by atoms with Crippen LogP contribution in [0.1, 0.15) is 33.6 Å². The average Bonchev–Trinajstić information content (AvgIpc) is 2.71. The number of likely N-dealkylation sites (tertiary alicyclic amines) is 1. The molecular formula is C14H22N2O2. The molecule has 0 aromatic rings. The largest absolute Gasteiger partial charge is 0.296 e. The second-order valence-corrected chi connectivity index (χ2v) is 6.80. The summed E-state index contributed by atoms with van der Waals surface area (Å²) >= 11 is 0. The van der Waals surface area contributed by atoms with Crippen LogP contribution in [0.2, 0.25) is 0 Å². The van der Waals surface area contributed by atoms with Crippen molar-refractivity contribution in [3.63, 3.8) is 0 Å². The number of hydrogen-bond donors (Lipinski definition) is 0. The third-order valence-electron chi connectivity index (χ3n) is 5.40. The molecule has 3 aliphatic rings. The molecule has 0 saturated carbocycles. The summed E-state index contributed by atoms with van der Waals surface area (Å²) in [5.41, 5.74) is 0.132. The van der Waals surface area contributed by atoms with Gasteiger partial charge < -0.3 is 0 Å². The Balaban J connectivity index is 2.05. The fourth-order valence-corrected chi connectivity index (χ4v) is 4.51. The van der Waals surface area contributed by atoms with Gasteiger partial charge in [0.05, 0.1) is 11.8 Å². The van der Waals surface area contributed by atoms with Crippen molar-refractivity contribution in [1.29, 1.82) is 0 Å². The average molecular weight is 250 g/mol. The van der Waals surface area contributed by atoms with Crippen molar-refractivity contribution in [3.8, 4) is 0 Å². The van der Waals surface area contributed by atoms with Crippen LogP contribution in [0.3, 0.4) is 0 Å². The summed E-state index contributed by atoms with van der Waals surface area (Å²) in [6, 6.07) is 0.452. The Morgan fingerprint density at radius 2 is 1.78 bits per heavy atom. The highest BCUT2D eigenvalue weighted by molar-refractivity contribution is 6.06. The van der Waals surface area contributed by atoms with Crippen molar-refractivity contribution in [2.45, 2.75) is 45.7 Å². The molecule has 3 saturated heterocycles. The second kappa shape index (κ2) is 3.56. The van der Waals surface area contributed by atoms with Crippen LogP contribution in [-0.2, 0) is 9.59 Å². The Morgan fingerprint density at radius 3 is 2.44 bits per heavy atom. The fourth-order valence-electron chi connectivity index (χ4n) is 4.51. The first-order valence-corrected chi connectivity index (χ1v) is 6.93. The summed E-state index contributed by atoms with van der Waals surface area (Å²) < 4.78 is 0. The molecule has 0 aromatic carbocycles. The van der Waals surface area contributed by atoms with Crippen LogP contribution < -0.4 is 0 Å². The molecule has 0 radical (unpaired) electrons. The Kier molecular flexibility index (Phi) is 2.40. The quantitative estimate of drug-likeness (QED) is 0.605. The summed E-state index contributed by atoms with van der Waals surface area (Å²) in [6.07, 6.45) is 2.32. The zero-order valence-corrected chi connectivity index (χ0v) is 11.6. The molecule has 0 spiro atoms. The molecule has 0 aromatic heterocycles. The standard InChI is InChI=1S/C14H22N2O2/c1-8-9-10(13(18)15(4)12(9)17)11-14(2,3)6-5-7-16(8)11/h8-11H,5-7H2,1-4H3/t8-,9+,10+,11+/m1/s1. The lowest BCUT2D eigenvalue weighted by molar-refractivity contribution is -0.141. The van der Waals surface area contributed by atoms with Gasteiger partial charge in [0.15, 0.2) is 0 Å². The van der Waals surface area contributed by atoms with Crippen LogP contribution >= 0.6 is 0 Å². The Labute approximate surface area is 108 Å². The van der Waals surface area contributed by atoms with E-state index in [1.54, 1.807) is 7.05 Å². The molecule has 0 aliphatic carbocycles. The van der Waals surface area contributed by atoms with Gasteiger partial charge in [-0.2, -0.15) is 0 Å². The summed E-state index contributed by atoms with van der Waals surface area (Å²) in [4.78, 5) is 28.4. The molecule has 4 nitrogen and oxygen atoms in total. The van der Waals surface area contributed by atoms with E-state index in [-0.39, 0.29) is 41.1 Å². The number of piperidine rings is 1. The number of hydrogen-bond acceptors (Lipinski definition) is 3. The number of nitrogens with zero attached hydrogens (tertiary/aromatic N) is 2. The zero-order chi connectivity index (χ0) is 13.2. The first-order valence-electron chi connectivity index (χ1n) is 6.93. The van der Waals surface area contributed by atoms with Gasteiger partial charge in [-0.1, -0.05) is 13.8 Å². The SMILES string of the molecule is C[C@@H]1[C@@H]2C(=O)N(C)C(=O)[C@@H]2[C@@H]2N1CCCC2(C)C. The van der Waals surface area contributed by atoms with Crippen molar-refractivity contribution in [2.75, 3.05) is 13.6 Å². The van der Waals surface area contributed by atoms with Gasteiger partial charge in [0.2, 0.25) is 11.8 Å². The first-order chi connectivity index (χ1) is 8.36. The van der Waals surface area contributed by atoms with Gasteiger partial charge in [-0.05, 0) is 31.7 Å². The third-order valence-corrected chi connectivity index (χ3v) is 5.40. The number of imide groups is 1. The van der Waals surface area contributed by atoms with E-state index in [0.717, 1.165) is 13.0 Å². The number of amides is 2. The third kappa shape index (κ3) is 1.30. The number of fused-ring (bicyclic) bond motifs is 3. The van der Waals surface area contributed by atoms with Gasteiger partial charge >= 0.3 is 0 Å². The molecule has 0 unspecified atom stereocenters. The molecule has 4 atom stereocenters. The van der Waals surface area contributed by atoms with Crippen LogP contribution in [-0.4, -0.2) is 47.3 Å². The van der Waals surface area contributed by atoms with E-state index in [2.05, 4.69) is 25.7 Å². The minimum Gasteiger partial charge on any atom is -0.296 e. The van der Waals surface area contributed by atoms with Gasteiger partial charge in [0.25, 0.3) is 0 Å². The van der Waals surface area contributed by atoms with Gasteiger partial charge in [-0.25, -0.2) is 0 Å². The number of rotatable bonds is 0. The van der Waals surface area contributed by atoms with Crippen LogP contribution in [0.4, 0.5) is 0 Å². The van der Waals surface area contributed by atoms with E-state index in [1.165, 1.54) is 11.3 Å². The maximum absolute atomic E-state index is 12.4.